The van der Waals surface area contributed by atoms with Gasteiger partial charge in [-0.3, -0.25) is 0 Å². The molecule has 0 bridgehead atoms. The zero-order chi connectivity index (χ0) is 12.4. The minimum atomic E-state index is 0.818. The molecular formula is C15H16N2O. The van der Waals surface area contributed by atoms with E-state index >= 15 is 0 Å². The van der Waals surface area contributed by atoms with Crippen LogP contribution >= 0.6 is 0 Å². The summed E-state index contributed by atoms with van der Waals surface area (Å²) in [5, 5.41) is 0. The molecule has 0 spiro atoms. The van der Waals surface area contributed by atoms with E-state index in [4.69, 9.17) is 4.74 Å². The van der Waals surface area contributed by atoms with E-state index in [0.717, 1.165) is 30.0 Å². The molecule has 3 heteroatoms. The lowest BCUT2D eigenvalue weighted by molar-refractivity contribution is 0.415. The lowest BCUT2D eigenvalue weighted by atomic mass is 9.97. The Labute approximate surface area is 107 Å². The van der Waals surface area contributed by atoms with Crippen molar-refractivity contribution in [3.8, 4) is 17.1 Å². The third-order valence-corrected chi connectivity index (χ3v) is 3.41. The van der Waals surface area contributed by atoms with Gasteiger partial charge in [-0.1, -0.05) is 0 Å². The highest BCUT2D eigenvalue weighted by Gasteiger charge is 2.12. The van der Waals surface area contributed by atoms with E-state index in [0.29, 0.717) is 0 Å². The molecule has 0 fully saturated rings. The van der Waals surface area contributed by atoms with Gasteiger partial charge in [0.15, 0.2) is 5.82 Å². The number of ether oxygens (including phenoxy) is 1. The zero-order valence-corrected chi connectivity index (χ0v) is 10.5. The normalized spacial score (nSPS) is 14.1. The van der Waals surface area contributed by atoms with Gasteiger partial charge < -0.3 is 4.74 Å². The van der Waals surface area contributed by atoms with Crippen molar-refractivity contribution in [2.45, 2.75) is 25.7 Å². The molecule has 1 aliphatic rings. The highest BCUT2D eigenvalue weighted by molar-refractivity contribution is 5.56. The Morgan fingerprint density at radius 1 is 1.06 bits per heavy atom. The molecule has 0 amide bonds. The first-order valence-electron chi connectivity index (χ1n) is 6.36. The Morgan fingerprint density at radius 3 is 2.61 bits per heavy atom. The monoisotopic (exact) mass is 240 g/mol. The van der Waals surface area contributed by atoms with Crippen LogP contribution in [0.5, 0.6) is 5.75 Å². The van der Waals surface area contributed by atoms with Gasteiger partial charge >= 0.3 is 0 Å². The molecule has 0 saturated heterocycles. The van der Waals surface area contributed by atoms with Crippen LogP contribution in [-0.2, 0) is 12.8 Å². The summed E-state index contributed by atoms with van der Waals surface area (Å²) < 4.78 is 5.15. The fraction of sp³-hybridized carbons (Fsp3) is 0.333. The van der Waals surface area contributed by atoms with E-state index < -0.39 is 0 Å². The Bertz CT molecular complexity index is 549. The molecule has 1 aliphatic carbocycles. The predicted octanol–water partition coefficient (Wildman–Crippen LogP) is 3.03. The second-order valence-electron chi connectivity index (χ2n) is 4.60. The van der Waals surface area contributed by atoms with Crippen LogP contribution in [0.25, 0.3) is 11.4 Å². The summed E-state index contributed by atoms with van der Waals surface area (Å²) in [6.07, 6.45) is 6.70. The largest absolute Gasteiger partial charge is 0.497 e. The average Bonchev–Trinajstić information content (AvgIpc) is 2.47. The number of aryl methyl sites for hydroxylation is 2. The summed E-state index contributed by atoms with van der Waals surface area (Å²) in [4.78, 5) is 9.15. The maximum Gasteiger partial charge on any atom is 0.159 e. The third kappa shape index (κ3) is 2.08. The number of nitrogens with zero attached hydrogens (tertiary/aromatic N) is 2. The van der Waals surface area contributed by atoms with Crippen LogP contribution < -0.4 is 4.74 Å². The number of fused-ring (bicyclic) bond motifs is 1. The Kier molecular flexibility index (Phi) is 2.97. The highest BCUT2D eigenvalue weighted by Crippen LogP contribution is 2.23. The first-order valence-corrected chi connectivity index (χ1v) is 6.36. The molecule has 3 nitrogen and oxygen atoms in total. The van der Waals surface area contributed by atoms with Crippen LogP contribution in [0.3, 0.4) is 0 Å². The van der Waals surface area contributed by atoms with E-state index in [-0.39, 0.29) is 0 Å². The Hall–Kier alpha value is -1.90. The lowest BCUT2D eigenvalue weighted by Crippen LogP contribution is -2.07. The Morgan fingerprint density at radius 2 is 1.83 bits per heavy atom. The number of hydrogen-bond acceptors (Lipinski definition) is 3. The number of aromatic nitrogens is 2. The van der Waals surface area contributed by atoms with Crippen LogP contribution in [0.15, 0.2) is 30.5 Å². The average molecular weight is 240 g/mol. The van der Waals surface area contributed by atoms with Crippen LogP contribution in [0.4, 0.5) is 0 Å². The molecule has 1 aromatic heterocycles. The van der Waals surface area contributed by atoms with E-state index in [1.807, 2.05) is 30.5 Å². The number of benzene rings is 1. The number of methoxy groups -OCH3 is 1. The summed E-state index contributed by atoms with van der Waals surface area (Å²) in [5.74, 6) is 1.68. The van der Waals surface area contributed by atoms with Crippen molar-refractivity contribution in [1.29, 1.82) is 0 Å². The molecule has 0 unspecified atom stereocenters. The molecule has 0 radical (unpaired) electrons. The molecule has 92 valence electrons. The van der Waals surface area contributed by atoms with Gasteiger partial charge in [-0.05, 0) is 55.5 Å². The van der Waals surface area contributed by atoms with Crippen molar-refractivity contribution in [1.82, 2.24) is 9.97 Å². The topological polar surface area (TPSA) is 35.0 Å². The van der Waals surface area contributed by atoms with E-state index in [1.165, 1.54) is 24.1 Å². The van der Waals surface area contributed by atoms with Crippen molar-refractivity contribution in [2.75, 3.05) is 7.11 Å². The molecule has 1 heterocycles. The predicted molar refractivity (Wildman–Crippen MR) is 70.7 cm³/mol. The molecule has 0 aliphatic heterocycles. The lowest BCUT2D eigenvalue weighted by Gasteiger charge is -2.14. The molecule has 1 aromatic carbocycles. The second-order valence-corrected chi connectivity index (χ2v) is 4.60. The third-order valence-electron chi connectivity index (χ3n) is 3.41. The summed E-state index contributed by atoms with van der Waals surface area (Å²) in [6, 6.07) is 7.89. The standard InChI is InChI=1S/C15H16N2O/c1-18-13-8-6-11(7-9-13)15-16-10-12-4-2-3-5-14(12)17-15/h6-10H,2-5H2,1H3. The van der Waals surface area contributed by atoms with Gasteiger partial charge in [-0.25, -0.2) is 9.97 Å². The van der Waals surface area contributed by atoms with Gasteiger partial charge in [0.1, 0.15) is 5.75 Å². The van der Waals surface area contributed by atoms with Crippen molar-refractivity contribution in [2.24, 2.45) is 0 Å². The molecule has 0 saturated carbocycles. The molecule has 2 aromatic rings. The summed E-state index contributed by atoms with van der Waals surface area (Å²) in [6.45, 7) is 0. The smallest absolute Gasteiger partial charge is 0.159 e. The molecular weight excluding hydrogens is 224 g/mol. The first-order chi connectivity index (χ1) is 8.86. The summed E-state index contributed by atoms with van der Waals surface area (Å²) >= 11 is 0. The van der Waals surface area contributed by atoms with E-state index in [1.54, 1.807) is 7.11 Å². The fourth-order valence-electron chi connectivity index (χ4n) is 2.35. The van der Waals surface area contributed by atoms with Crippen molar-refractivity contribution in [3.05, 3.63) is 41.7 Å². The maximum atomic E-state index is 5.15. The SMILES string of the molecule is COc1ccc(-c2ncc3c(n2)CCCC3)cc1. The van der Waals surface area contributed by atoms with E-state index in [9.17, 15) is 0 Å². The van der Waals surface area contributed by atoms with Crippen LogP contribution in [0, 0.1) is 0 Å². The quantitative estimate of drug-likeness (QED) is 0.809. The molecule has 0 atom stereocenters. The first kappa shape index (κ1) is 11.2. The van der Waals surface area contributed by atoms with Gasteiger partial charge in [-0.2, -0.15) is 0 Å². The van der Waals surface area contributed by atoms with Gasteiger partial charge in [-0.15, -0.1) is 0 Å². The molecule has 0 N–H and O–H groups in total. The number of rotatable bonds is 2. The number of hydrogen-bond donors (Lipinski definition) is 0. The minimum absolute atomic E-state index is 0.818. The van der Waals surface area contributed by atoms with Gasteiger partial charge in [0, 0.05) is 17.5 Å². The molecule has 18 heavy (non-hydrogen) atoms. The Balaban J connectivity index is 1.95. The highest BCUT2D eigenvalue weighted by atomic mass is 16.5. The van der Waals surface area contributed by atoms with Crippen molar-refractivity contribution < 1.29 is 4.74 Å². The van der Waals surface area contributed by atoms with Crippen molar-refractivity contribution >= 4 is 0 Å². The minimum Gasteiger partial charge on any atom is -0.497 e. The summed E-state index contributed by atoms with van der Waals surface area (Å²) in [5.41, 5.74) is 3.59. The molecule has 3 rings (SSSR count). The summed E-state index contributed by atoms with van der Waals surface area (Å²) in [7, 11) is 1.67. The van der Waals surface area contributed by atoms with E-state index in [2.05, 4.69) is 9.97 Å². The van der Waals surface area contributed by atoms with Gasteiger partial charge in [0.25, 0.3) is 0 Å². The maximum absolute atomic E-state index is 5.15. The second kappa shape index (κ2) is 4.77. The van der Waals surface area contributed by atoms with Gasteiger partial charge in [0.05, 0.1) is 7.11 Å². The fourth-order valence-corrected chi connectivity index (χ4v) is 2.35. The van der Waals surface area contributed by atoms with Gasteiger partial charge in [0.2, 0.25) is 0 Å². The van der Waals surface area contributed by atoms with Crippen LogP contribution in [-0.4, -0.2) is 17.1 Å². The zero-order valence-electron chi connectivity index (χ0n) is 10.5. The van der Waals surface area contributed by atoms with Crippen molar-refractivity contribution in [3.63, 3.8) is 0 Å². The van der Waals surface area contributed by atoms with Crippen LogP contribution in [0.1, 0.15) is 24.1 Å². The van der Waals surface area contributed by atoms with Crippen LogP contribution in [0.2, 0.25) is 0 Å².